The third-order valence-corrected chi connectivity index (χ3v) is 13.2. The van der Waals surface area contributed by atoms with Crippen molar-refractivity contribution in [1.82, 2.24) is 15.1 Å². The number of amides is 3. The van der Waals surface area contributed by atoms with Gasteiger partial charge in [-0.2, -0.15) is 0 Å². The highest BCUT2D eigenvalue weighted by molar-refractivity contribution is 9.10. The van der Waals surface area contributed by atoms with Crippen LogP contribution in [-0.4, -0.2) is 64.9 Å². The standard InChI is InChI=1S/C46H48BrN3O6S/c47-34-11-9-32(10-12-34)44-43(39-19-13-35(51)28-41(39)57-44)56-37-16-14-36(15-17-37)55-26-4-3-24-49-23-2-1-5-30(22-25-49)6-7-31-8-18-38-33(27-31)29-50(46(38)54)40-20-21-42(52)48-45(40)53/h8-19,27-28,30,40,51H,1-7,20-26,29H2,(H,48,52,53)/t30?,40-/m0/s1. The molecule has 2 fully saturated rings. The van der Waals surface area contributed by atoms with Gasteiger partial charge in [-0.05, 0) is 148 Å². The largest absolute Gasteiger partial charge is 0.508 e. The number of ether oxygens (including phenoxy) is 2. The summed E-state index contributed by atoms with van der Waals surface area (Å²) in [4.78, 5) is 42.4. The van der Waals surface area contributed by atoms with E-state index in [9.17, 15) is 19.5 Å². The van der Waals surface area contributed by atoms with Gasteiger partial charge in [-0.3, -0.25) is 19.7 Å². The van der Waals surface area contributed by atoms with Crippen molar-refractivity contribution >= 4 is 55.1 Å². The number of halogens is 1. The minimum atomic E-state index is -0.578. The SMILES string of the molecule is O=C1CC[C@H](N2Cc3cc(CCC4CCCCN(CCCCOc5ccc(Oc6c(-c7ccc(Br)cc7)sc7cc(O)ccc67)cc5)CC4)ccc3C2=O)C(=O)N1. The van der Waals surface area contributed by atoms with E-state index in [0.29, 0.717) is 31.1 Å². The predicted molar refractivity (Wildman–Crippen MR) is 227 cm³/mol. The molecular formula is C46H48BrN3O6S. The number of imide groups is 1. The van der Waals surface area contributed by atoms with Gasteiger partial charge < -0.3 is 24.4 Å². The van der Waals surface area contributed by atoms with E-state index in [2.05, 4.69) is 50.4 Å². The summed E-state index contributed by atoms with van der Waals surface area (Å²) in [6, 6.07) is 27.0. The van der Waals surface area contributed by atoms with Crippen LogP contribution in [0.4, 0.5) is 0 Å². The number of unbranched alkanes of at least 4 members (excludes halogenated alkanes) is 1. The van der Waals surface area contributed by atoms with Crippen LogP contribution in [0.25, 0.3) is 20.5 Å². The van der Waals surface area contributed by atoms with Crippen molar-refractivity contribution in [2.24, 2.45) is 5.92 Å². The fourth-order valence-electron chi connectivity index (χ4n) is 8.36. The first-order valence-corrected chi connectivity index (χ1v) is 21.8. The number of hydrogen-bond donors (Lipinski definition) is 2. The molecule has 0 bridgehead atoms. The van der Waals surface area contributed by atoms with Crippen LogP contribution in [0.1, 0.15) is 79.3 Å². The second-order valence-electron chi connectivity index (χ2n) is 15.5. The molecule has 0 spiro atoms. The Hall–Kier alpha value is -4.71. The van der Waals surface area contributed by atoms with Crippen LogP contribution in [0.3, 0.4) is 0 Å². The molecule has 1 aromatic heterocycles. The molecule has 2 saturated heterocycles. The Kier molecular flexibility index (Phi) is 12.2. The molecule has 3 amide bonds. The molecule has 5 aromatic rings. The summed E-state index contributed by atoms with van der Waals surface area (Å²) >= 11 is 5.13. The van der Waals surface area contributed by atoms with Crippen molar-refractivity contribution in [1.29, 1.82) is 0 Å². The summed E-state index contributed by atoms with van der Waals surface area (Å²) in [6.45, 7) is 4.45. The number of carbonyl (C=O) groups is 3. The fraction of sp³-hybridized carbons (Fsp3) is 0.370. The fourth-order valence-corrected chi connectivity index (χ4v) is 9.79. The van der Waals surface area contributed by atoms with Crippen molar-refractivity contribution in [3.05, 3.63) is 106 Å². The lowest BCUT2D eigenvalue weighted by molar-refractivity contribution is -0.136. The van der Waals surface area contributed by atoms with Crippen LogP contribution < -0.4 is 14.8 Å². The number of hydrogen-bond acceptors (Lipinski definition) is 8. The van der Waals surface area contributed by atoms with Gasteiger partial charge in [-0.25, -0.2) is 0 Å². The number of aromatic hydroxyl groups is 1. The number of nitrogens with zero attached hydrogens (tertiary/aromatic N) is 2. The zero-order valence-electron chi connectivity index (χ0n) is 32.0. The molecule has 0 radical (unpaired) electrons. The molecular weight excluding hydrogens is 802 g/mol. The summed E-state index contributed by atoms with van der Waals surface area (Å²) in [5.74, 6) is 2.50. The molecule has 9 nitrogen and oxygen atoms in total. The monoisotopic (exact) mass is 849 g/mol. The third kappa shape index (κ3) is 9.37. The van der Waals surface area contributed by atoms with Crippen LogP contribution in [0, 0.1) is 5.92 Å². The van der Waals surface area contributed by atoms with E-state index in [0.717, 1.165) is 93.1 Å². The average molecular weight is 851 g/mol. The minimum absolute atomic E-state index is 0.114. The molecule has 4 aromatic carbocycles. The first-order valence-electron chi connectivity index (χ1n) is 20.2. The normalized spacial score (nSPS) is 19.0. The number of nitrogens with one attached hydrogen (secondary N) is 1. The molecule has 0 aliphatic carbocycles. The molecule has 1 unspecified atom stereocenters. The first kappa shape index (κ1) is 39.1. The Bertz CT molecular complexity index is 2240. The van der Waals surface area contributed by atoms with Crippen molar-refractivity contribution in [2.75, 3.05) is 26.2 Å². The van der Waals surface area contributed by atoms with Gasteiger partial charge in [0, 0.05) is 33.1 Å². The van der Waals surface area contributed by atoms with Gasteiger partial charge in [0.25, 0.3) is 5.91 Å². The van der Waals surface area contributed by atoms with Crippen LogP contribution in [0.2, 0.25) is 0 Å². The Morgan fingerprint density at radius 2 is 1.68 bits per heavy atom. The highest BCUT2D eigenvalue weighted by Crippen LogP contribution is 2.47. The van der Waals surface area contributed by atoms with Crippen LogP contribution in [0.5, 0.6) is 23.0 Å². The number of phenolic OH excluding ortho intramolecular Hbond substituents is 1. The highest BCUT2D eigenvalue weighted by atomic mass is 79.9. The van der Waals surface area contributed by atoms with Gasteiger partial charge >= 0.3 is 0 Å². The Labute approximate surface area is 346 Å². The number of carbonyl (C=O) groups excluding carboxylic acids is 3. The van der Waals surface area contributed by atoms with Crippen LogP contribution in [-0.2, 0) is 22.6 Å². The van der Waals surface area contributed by atoms with Gasteiger partial charge in [0.05, 0.1) is 11.5 Å². The zero-order valence-corrected chi connectivity index (χ0v) is 34.4. The average Bonchev–Trinajstić information content (AvgIpc) is 3.71. The lowest BCUT2D eigenvalue weighted by atomic mass is 9.89. The van der Waals surface area contributed by atoms with Crippen molar-refractivity contribution in [3.63, 3.8) is 0 Å². The molecule has 3 aliphatic heterocycles. The van der Waals surface area contributed by atoms with E-state index in [4.69, 9.17) is 9.47 Å². The topological polar surface area (TPSA) is 108 Å². The Morgan fingerprint density at radius 3 is 2.51 bits per heavy atom. The molecule has 8 rings (SSSR count). The number of piperidine rings is 1. The van der Waals surface area contributed by atoms with Gasteiger partial charge in [0.2, 0.25) is 11.8 Å². The number of aryl methyl sites for hydroxylation is 1. The summed E-state index contributed by atoms with van der Waals surface area (Å²) in [5.41, 5.74) is 3.96. The lowest BCUT2D eigenvalue weighted by Crippen LogP contribution is -2.52. The number of fused-ring (bicyclic) bond motifs is 2. The van der Waals surface area contributed by atoms with Crippen molar-refractivity contribution in [2.45, 2.75) is 76.8 Å². The van der Waals surface area contributed by atoms with E-state index in [-0.39, 0.29) is 29.9 Å². The summed E-state index contributed by atoms with van der Waals surface area (Å²) in [7, 11) is 0. The second kappa shape index (κ2) is 17.8. The molecule has 11 heteroatoms. The van der Waals surface area contributed by atoms with E-state index in [1.807, 2.05) is 48.5 Å². The van der Waals surface area contributed by atoms with Crippen LogP contribution >= 0.6 is 27.3 Å². The second-order valence-corrected chi connectivity index (χ2v) is 17.5. The molecule has 2 atom stereocenters. The Morgan fingerprint density at radius 1 is 0.860 bits per heavy atom. The van der Waals surface area contributed by atoms with Gasteiger partial charge in [0.15, 0.2) is 5.75 Å². The quantitative estimate of drug-likeness (QED) is 0.0898. The number of phenols is 1. The molecule has 57 heavy (non-hydrogen) atoms. The number of thiophene rings is 1. The van der Waals surface area contributed by atoms with Crippen molar-refractivity contribution in [3.8, 4) is 33.4 Å². The maximum Gasteiger partial charge on any atom is 0.255 e. The zero-order chi connectivity index (χ0) is 39.3. The summed E-state index contributed by atoms with van der Waals surface area (Å²) in [6.07, 6.45) is 9.79. The van der Waals surface area contributed by atoms with Gasteiger partial charge in [-0.1, -0.05) is 53.0 Å². The highest BCUT2D eigenvalue weighted by Gasteiger charge is 2.39. The van der Waals surface area contributed by atoms with E-state index in [1.165, 1.54) is 31.2 Å². The predicted octanol–water partition coefficient (Wildman–Crippen LogP) is 9.87. The third-order valence-electron chi connectivity index (χ3n) is 11.5. The maximum absolute atomic E-state index is 13.1. The molecule has 296 valence electrons. The Balaban J connectivity index is 0.770. The minimum Gasteiger partial charge on any atom is -0.508 e. The molecule has 4 heterocycles. The smallest absolute Gasteiger partial charge is 0.255 e. The molecule has 2 N–H and O–H groups in total. The molecule has 3 aliphatic rings. The van der Waals surface area contributed by atoms with Gasteiger partial charge in [0.1, 0.15) is 23.3 Å². The van der Waals surface area contributed by atoms with E-state index in [1.54, 1.807) is 28.4 Å². The maximum atomic E-state index is 13.1. The molecule has 0 saturated carbocycles. The van der Waals surface area contributed by atoms with E-state index < -0.39 is 6.04 Å². The lowest BCUT2D eigenvalue weighted by Gasteiger charge is -2.29. The van der Waals surface area contributed by atoms with E-state index >= 15 is 0 Å². The first-order chi connectivity index (χ1) is 27.8. The number of benzene rings is 4. The number of likely N-dealkylation sites (tertiary alicyclic amines) is 1. The van der Waals surface area contributed by atoms with Gasteiger partial charge in [-0.15, -0.1) is 11.3 Å². The summed E-state index contributed by atoms with van der Waals surface area (Å²) < 4.78 is 14.6. The number of rotatable bonds is 13. The summed E-state index contributed by atoms with van der Waals surface area (Å²) in [5, 5.41) is 13.4. The van der Waals surface area contributed by atoms with Crippen molar-refractivity contribution < 1.29 is 29.0 Å². The van der Waals surface area contributed by atoms with Crippen LogP contribution in [0.15, 0.2) is 89.4 Å².